The van der Waals surface area contributed by atoms with Crippen LogP contribution in [0.15, 0.2) is 75.2 Å². The molecule has 0 radical (unpaired) electrons. The van der Waals surface area contributed by atoms with E-state index in [9.17, 15) is 9.90 Å². The average molecular weight is 385 g/mol. The molecule has 2 aromatic carbocycles. The summed E-state index contributed by atoms with van der Waals surface area (Å²) in [6, 6.07) is 15.8. The quantitative estimate of drug-likeness (QED) is 0.534. The highest BCUT2D eigenvalue weighted by molar-refractivity contribution is 9.10. The lowest BCUT2D eigenvalue weighted by molar-refractivity contribution is 0.475. The van der Waals surface area contributed by atoms with Crippen molar-refractivity contribution in [2.75, 3.05) is 5.43 Å². The van der Waals surface area contributed by atoms with Crippen molar-refractivity contribution in [2.24, 2.45) is 5.10 Å². The molecule has 0 unspecified atom stereocenters. The van der Waals surface area contributed by atoms with Gasteiger partial charge >= 0.3 is 0 Å². The molecular weight excluding hydrogens is 372 g/mol. The standard InChI is InChI=1S/C17H13BrN4O2/c18-16-15(21-19-10-12-5-4-8-14(23)9-12)11-20-22(17(16)24)13-6-2-1-3-7-13/h1-11,21,23H. The lowest BCUT2D eigenvalue weighted by Crippen LogP contribution is -2.22. The summed E-state index contributed by atoms with van der Waals surface area (Å²) in [6.07, 6.45) is 3.05. The zero-order chi connectivity index (χ0) is 16.9. The van der Waals surface area contributed by atoms with Crippen LogP contribution in [0.3, 0.4) is 0 Å². The summed E-state index contributed by atoms with van der Waals surface area (Å²) in [5.41, 5.74) is 4.33. The van der Waals surface area contributed by atoms with Gasteiger partial charge in [-0.3, -0.25) is 10.2 Å². The van der Waals surface area contributed by atoms with Gasteiger partial charge in [-0.1, -0.05) is 30.3 Å². The second-order valence-corrected chi connectivity index (χ2v) is 5.68. The Labute approximate surface area is 146 Å². The average Bonchev–Trinajstić information content (AvgIpc) is 2.60. The van der Waals surface area contributed by atoms with Crippen LogP contribution in [-0.2, 0) is 0 Å². The number of halogens is 1. The van der Waals surface area contributed by atoms with E-state index >= 15 is 0 Å². The number of phenolic OH excluding ortho intramolecular Hbond substituents is 1. The van der Waals surface area contributed by atoms with Gasteiger partial charge in [0.1, 0.15) is 10.2 Å². The van der Waals surface area contributed by atoms with E-state index in [1.54, 1.807) is 36.4 Å². The zero-order valence-corrected chi connectivity index (χ0v) is 14.0. The lowest BCUT2D eigenvalue weighted by atomic mass is 10.2. The van der Waals surface area contributed by atoms with E-state index < -0.39 is 0 Å². The smallest absolute Gasteiger partial charge is 0.287 e. The molecule has 0 saturated carbocycles. The number of anilines is 1. The first-order valence-electron chi connectivity index (χ1n) is 7.06. The third-order valence-corrected chi connectivity index (χ3v) is 3.95. The van der Waals surface area contributed by atoms with Gasteiger partial charge in [-0.25, -0.2) is 0 Å². The van der Waals surface area contributed by atoms with E-state index in [-0.39, 0.29) is 11.3 Å². The van der Waals surface area contributed by atoms with E-state index in [2.05, 4.69) is 31.6 Å². The molecule has 6 nitrogen and oxygen atoms in total. The van der Waals surface area contributed by atoms with Crippen LogP contribution in [0.1, 0.15) is 5.56 Å². The van der Waals surface area contributed by atoms with E-state index in [0.29, 0.717) is 15.8 Å². The van der Waals surface area contributed by atoms with E-state index in [1.807, 2.05) is 18.2 Å². The normalized spacial score (nSPS) is 10.9. The van der Waals surface area contributed by atoms with Crippen LogP contribution in [0, 0.1) is 0 Å². The number of hydrazone groups is 1. The van der Waals surface area contributed by atoms with Crippen molar-refractivity contribution in [1.29, 1.82) is 0 Å². The van der Waals surface area contributed by atoms with E-state index in [4.69, 9.17) is 0 Å². The number of para-hydroxylation sites is 1. The predicted molar refractivity (Wildman–Crippen MR) is 96.9 cm³/mol. The number of aromatic hydroxyl groups is 1. The van der Waals surface area contributed by atoms with Crippen LogP contribution in [0.2, 0.25) is 0 Å². The number of nitrogens with zero attached hydrogens (tertiary/aromatic N) is 3. The molecule has 1 aromatic heterocycles. The molecule has 0 amide bonds. The molecule has 7 heteroatoms. The SMILES string of the molecule is O=c1c(Br)c(NN=Cc2cccc(O)c2)cnn1-c1ccccc1. The maximum atomic E-state index is 12.4. The summed E-state index contributed by atoms with van der Waals surface area (Å²) in [5, 5.41) is 17.6. The largest absolute Gasteiger partial charge is 0.508 e. The van der Waals surface area contributed by atoms with Gasteiger partial charge in [0.15, 0.2) is 0 Å². The molecule has 1 heterocycles. The molecule has 0 atom stereocenters. The van der Waals surface area contributed by atoms with Crippen molar-refractivity contribution in [3.05, 3.63) is 81.2 Å². The molecular formula is C17H13BrN4O2. The van der Waals surface area contributed by atoms with Crippen molar-refractivity contribution in [1.82, 2.24) is 9.78 Å². The predicted octanol–water partition coefficient (Wildman–Crippen LogP) is 3.15. The van der Waals surface area contributed by atoms with Gasteiger partial charge in [-0.15, -0.1) is 0 Å². The van der Waals surface area contributed by atoms with Gasteiger partial charge in [-0.05, 0) is 45.8 Å². The number of rotatable bonds is 4. The highest BCUT2D eigenvalue weighted by Crippen LogP contribution is 2.17. The molecule has 0 aliphatic rings. The van der Waals surface area contributed by atoms with Crippen LogP contribution in [0.25, 0.3) is 5.69 Å². The first-order chi connectivity index (χ1) is 11.6. The fraction of sp³-hybridized carbons (Fsp3) is 0. The summed E-state index contributed by atoms with van der Waals surface area (Å²) in [6.45, 7) is 0. The van der Waals surface area contributed by atoms with Crippen LogP contribution in [0.4, 0.5) is 5.69 Å². The number of nitrogens with one attached hydrogen (secondary N) is 1. The Kier molecular flexibility index (Phi) is 4.72. The topological polar surface area (TPSA) is 79.5 Å². The minimum absolute atomic E-state index is 0.159. The molecule has 0 bridgehead atoms. The van der Waals surface area contributed by atoms with Crippen molar-refractivity contribution in [2.45, 2.75) is 0 Å². The fourth-order valence-corrected chi connectivity index (χ4v) is 2.40. The summed E-state index contributed by atoms with van der Waals surface area (Å²) in [4.78, 5) is 12.4. The second-order valence-electron chi connectivity index (χ2n) is 4.89. The Hall–Kier alpha value is -2.93. The van der Waals surface area contributed by atoms with E-state index in [0.717, 1.165) is 5.56 Å². The third-order valence-electron chi connectivity index (χ3n) is 3.19. The monoisotopic (exact) mass is 384 g/mol. The Morgan fingerprint density at radius 2 is 1.96 bits per heavy atom. The zero-order valence-electron chi connectivity index (χ0n) is 12.4. The van der Waals surface area contributed by atoms with Crippen molar-refractivity contribution < 1.29 is 5.11 Å². The van der Waals surface area contributed by atoms with Crippen LogP contribution < -0.4 is 11.0 Å². The van der Waals surface area contributed by atoms with Gasteiger partial charge in [0.25, 0.3) is 5.56 Å². The van der Waals surface area contributed by atoms with Gasteiger partial charge < -0.3 is 5.11 Å². The number of benzene rings is 2. The summed E-state index contributed by atoms with van der Waals surface area (Å²) in [7, 11) is 0. The van der Waals surface area contributed by atoms with Crippen molar-refractivity contribution >= 4 is 27.8 Å². The van der Waals surface area contributed by atoms with Crippen LogP contribution >= 0.6 is 15.9 Å². The first-order valence-corrected chi connectivity index (χ1v) is 7.86. The van der Waals surface area contributed by atoms with Gasteiger partial charge in [0, 0.05) is 0 Å². The summed E-state index contributed by atoms with van der Waals surface area (Å²) < 4.78 is 1.63. The summed E-state index contributed by atoms with van der Waals surface area (Å²) >= 11 is 3.28. The maximum absolute atomic E-state index is 12.4. The lowest BCUT2D eigenvalue weighted by Gasteiger charge is -2.07. The highest BCUT2D eigenvalue weighted by atomic mass is 79.9. The second kappa shape index (κ2) is 7.10. The molecule has 0 aliphatic heterocycles. The molecule has 0 saturated heterocycles. The molecule has 2 N–H and O–H groups in total. The third kappa shape index (κ3) is 3.52. The highest BCUT2D eigenvalue weighted by Gasteiger charge is 2.09. The Morgan fingerprint density at radius 1 is 1.17 bits per heavy atom. The van der Waals surface area contributed by atoms with Gasteiger partial charge in [0.05, 0.1) is 23.8 Å². The number of hydrogen-bond acceptors (Lipinski definition) is 5. The van der Waals surface area contributed by atoms with Gasteiger partial charge in [-0.2, -0.15) is 14.9 Å². The minimum Gasteiger partial charge on any atom is -0.508 e. The molecule has 0 spiro atoms. The molecule has 0 aliphatic carbocycles. The van der Waals surface area contributed by atoms with Crippen LogP contribution in [0.5, 0.6) is 5.75 Å². The van der Waals surface area contributed by atoms with E-state index in [1.165, 1.54) is 17.1 Å². The van der Waals surface area contributed by atoms with Crippen molar-refractivity contribution in [3.63, 3.8) is 0 Å². The summed E-state index contributed by atoms with van der Waals surface area (Å²) in [5.74, 6) is 0.159. The van der Waals surface area contributed by atoms with Gasteiger partial charge in [0.2, 0.25) is 0 Å². The molecule has 0 fully saturated rings. The maximum Gasteiger partial charge on any atom is 0.287 e. The van der Waals surface area contributed by atoms with Crippen LogP contribution in [-0.4, -0.2) is 21.1 Å². The Balaban J connectivity index is 1.83. The molecule has 3 rings (SSSR count). The Bertz CT molecular complexity index is 939. The first kappa shape index (κ1) is 15.9. The molecule has 24 heavy (non-hydrogen) atoms. The molecule has 3 aromatic rings. The molecule has 120 valence electrons. The van der Waals surface area contributed by atoms with Crippen molar-refractivity contribution in [3.8, 4) is 11.4 Å². The number of hydrogen-bond donors (Lipinski definition) is 2. The fourth-order valence-electron chi connectivity index (χ4n) is 2.05. The number of phenols is 1. The Morgan fingerprint density at radius 3 is 2.71 bits per heavy atom. The minimum atomic E-state index is -0.293. The number of aromatic nitrogens is 2.